The fourth-order valence-electron chi connectivity index (χ4n) is 2.18. The van der Waals surface area contributed by atoms with Crippen molar-refractivity contribution in [3.05, 3.63) is 29.3 Å². The number of rotatable bonds is 4. The highest BCUT2D eigenvalue weighted by molar-refractivity contribution is 7.13. The molecule has 3 rings (SSSR count). The molecule has 0 aliphatic carbocycles. The molecule has 1 fully saturated rings. The van der Waals surface area contributed by atoms with E-state index in [-0.39, 0.29) is 18.1 Å². The average molecular weight is 308 g/mol. The number of carbonyl (C=O) groups is 1. The SMILES string of the molecule is O=C(NCC1(O)CCOCC1)c1cc(-c2cccs2)on1. The largest absolute Gasteiger partial charge is 0.388 e. The lowest BCUT2D eigenvalue weighted by Crippen LogP contribution is -2.46. The van der Waals surface area contributed by atoms with E-state index in [0.717, 1.165) is 4.88 Å². The van der Waals surface area contributed by atoms with Gasteiger partial charge in [0, 0.05) is 38.7 Å². The number of nitrogens with one attached hydrogen (secondary N) is 1. The van der Waals surface area contributed by atoms with Gasteiger partial charge < -0.3 is 19.7 Å². The van der Waals surface area contributed by atoms with E-state index in [9.17, 15) is 9.90 Å². The van der Waals surface area contributed by atoms with Gasteiger partial charge in [0.05, 0.1) is 10.5 Å². The van der Waals surface area contributed by atoms with Crippen LogP contribution >= 0.6 is 11.3 Å². The standard InChI is InChI=1S/C14H16N2O4S/c17-13(15-9-14(18)3-5-19-6-4-14)10-8-11(20-16-10)12-2-1-7-21-12/h1-2,7-8,18H,3-6,9H2,(H,15,17). The Hall–Kier alpha value is -1.70. The van der Waals surface area contributed by atoms with Gasteiger partial charge in [-0.3, -0.25) is 4.79 Å². The van der Waals surface area contributed by atoms with Crippen LogP contribution in [-0.4, -0.2) is 41.5 Å². The Labute approximate surface area is 125 Å². The third-order valence-corrected chi connectivity index (χ3v) is 4.39. The zero-order valence-electron chi connectivity index (χ0n) is 11.4. The molecule has 0 aromatic carbocycles. The molecule has 6 nitrogen and oxygen atoms in total. The maximum atomic E-state index is 12.0. The predicted molar refractivity (Wildman–Crippen MR) is 77.2 cm³/mol. The van der Waals surface area contributed by atoms with E-state index in [1.54, 1.807) is 6.07 Å². The van der Waals surface area contributed by atoms with Crippen LogP contribution in [0.1, 0.15) is 23.3 Å². The van der Waals surface area contributed by atoms with Crippen molar-refractivity contribution < 1.29 is 19.2 Å². The summed E-state index contributed by atoms with van der Waals surface area (Å²) in [5, 5.41) is 18.7. The summed E-state index contributed by atoms with van der Waals surface area (Å²) in [6.07, 6.45) is 1.04. The van der Waals surface area contributed by atoms with Crippen LogP contribution in [0, 0.1) is 0 Å². The molecule has 2 aromatic heterocycles. The summed E-state index contributed by atoms with van der Waals surface area (Å²) in [6, 6.07) is 5.41. The lowest BCUT2D eigenvalue weighted by atomic mass is 9.94. The van der Waals surface area contributed by atoms with Crippen LogP contribution in [0.4, 0.5) is 0 Å². The van der Waals surface area contributed by atoms with Crippen LogP contribution in [0.25, 0.3) is 10.6 Å². The Bertz CT molecular complexity index is 602. The smallest absolute Gasteiger partial charge is 0.273 e. The van der Waals surface area contributed by atoms with Gasteiger partial charge in [-0.1, -0.05) is 11.2 Å². The summed E-state index contributed by atoms with van der Waals surface area (Å²) in [6.45, 7) is 1.22. The van der Waals surface area contributed by atoms with Crippen molar-refractivity contribution in [2.45, 2.75) is 18.4 Å². The molecule has 1 amide bonds. The topological polar surface area (TPSA) is 84.6 Å². The zero-order valence-corrected chi connectivity index (χ0v) is 12.2. The maximum Gasteiger partial charge on any atom is 0.273 e. The Balaban J connectivity index is 1.61. The van der Waals surface area contributed by atoms with Crippen LogP contribution in [-0.2, 0) is 4.74 Å². The van der Waals surface area contributed by atoms with E-state index in [4.69, 9.17) is 9.26 Å². The van der Waals surface area contributed by atoms with Gasteiger partial charge in [-0.15, -0.1) is 11.3 Å². The number of amides is 1. The molecule has 0 atom stereocenters. The second-order valence-corrected chi connectivity index (χ2v) is 6.02. The van der Waals surface area contributed by atoms with E-state index in [1.165, 1.54) is 11.3 Å². The minimum absolute atomic E-state index is 0.191. The number of carbonyl (C=O) groups excluding carboxylic acids is 1. The minimum Gasteiger partial charge on any atom is -0.388 e. The third kappa shape index (κ3) is 3.31. The summed E-state index contributed by atoms with van der Waals surface area (Å²) in [5.74, 6) is 0.224. The van der Waals surface area contributed by atoms with Crippen LogP contribution in [0.3, 0.4) is 0 Å². The van der Waals surface area contributed by atoms with Crippen LogP contribution in [0.5, 0.6) is 0 Å². The molecule has 7 heteroatoms. The first-order valence-electron chi connectivity index (χ1n) is 6.75. The predicted octanol–water partition coefficient (Wildman–Crippen LogP) is 1.67. The Morgan fingerprint density at radius 3 is 3.00 bits per heavy atom. The molecule has 2 N–H and O–H groups in total. The summed E-state index contributed by atoms with van der Waals surface area (Å²) < 4.78 is 10.4. The fraction of sp³-hybridized carbons (Fsp3) is 0.429. The van der Waals surface area contributed by atoms with E-state index in [0.29, 0.717) is 31.8 Å². The molecule has 0 saturated carbocycles. The zero-order chi connectivity index (χ0) is 14.7. The molecular formula is C14H16N2O4S. The second kappa shape index (κ2) is 5.97. The molecule has 0 radical (unpaired) electrons. The highest BCUT2D eigenvalue weighted by Gasteiger charge is 2.30. The first kappa shape index (κ1) is 14.2. The van der Waals surface area contributed by atoms with Crippen LogP contribution in [0.15, 0.2) is 28.1 Å². The lowest BCUT2D eigenvalue weighted by molar-refractivity contribution is -0.0605. The Kier molecular flexibility index (Phi) is 4.05. The van der Waals surface area contributed by atoms with Crippen molar-refractivity contribution in [1.29, 1.82) is 0 Å². The highest BCUT2D eigenvalue weighted by atomic mass is 32.1. The van der Waals surface area contributed by atoms with Crippen molar-refractivity contribution in [1.82, 2.24) is 10.5 Å². The van der Waals surface area contributed by atoms with Crippen LogP contribution < -0.4 is 5.32 Å². The van der Waals surface area contributed by atoms with Gasteiger partial charge in [0.1, 0.15) is 0 Å². The van der Waals surface area contributed by atoms with Gasteiger partial charge in [-0.2, -0.15) is 0 Å². The van der Waals surface area contributed by atoms with Gasteiger partial charge in [0.2, 0.25) is 0 Å². The molecule has 2 aromatic rings. The van der Waals surface area contributed by atoms with Gasteiger partial charge in [0.15, 0.2) is 11.5 Å². The van der Waals surface area contributed by atoms with Crippen molar-refractivity contribution in [3.63, 3.8) is 0 Å². The quantitative estimate of drug-likeness (QED) is 0.897. The molecule has 1 aliphatic rings. The average Bonchev–Trinajstić information content (AvgIpc) is 3.16. The van der Waals surface area contributed by atoms with E-state index < -0.39 is 5.60 Å². The highest BCUT2D eigenvalue weighted by Crippen LogP contribution is 2.25. The Morgan fingerprint density at radius 2 is 2.29 bits per heavy atom. The van der Waals surface area contributed by atoms with Crippen LogP contribution in [0.2, 0.25) is 0 Å². The summed E-state index contributed by atoms with van der Waals surface area (Å²) in [5.41, 5.74) is -0.678. The molecule has 0 bridgehead atoms. The molecule has 0 unspecified atom stereocenters. The number of ether oxygens (including phenoxy) is 1. The van der Waals surface area contributed by atoms with E-state index in [1.807, 2.05) is 17.5 Å². The molecule has 1 saturated heterocycles. The Morgan fingerprint density at radius 1 is 1.48 bits per heavy atom. The number of hydrogen-bond acceptors (Lipinski definition) is 6. The summed E-state index contributed by atoms with van der Waals surface area (Å²) >= 11 is 1.52. The normalized spacial score (nSPS) is 17.6. The van der Waals surface area contributed by atoms with Gasteiger partial charge >= 0.3 is 0 Å². The van der Waals surface area contributed by atoms with E-state index >= 15 is 0 Å². The van der Waals surface area contributed by atoms with Crippen molar-refractivity contribution in [2.75, 3.05) is 19.8 Å². The van der Waals surface area contributed by atoms with Crippen molar-refractivity contribution in [2.24, 2.45) is 0 Å². The van der Waals surface area contributed by atoms with E-state index in [2.05, 4.69) is 10.5 Å². The third-order valence-electron chi connectivity index (χ3n) is 3.51. The minimum atomic E-state index is -0.895. The van der Waals surface area contributed by atoms with Crippen molar-refractivity contribution >= 4 is 17.2 Å². The summed E-state index contributed by atoms with van der Waals surface area (Å²) in [7, 11) is 0. The van der Waals surface area contributed by atoms with Gasteiger partial charge in [0.25, 0.3) is 5.91 Å². The maximum absolute atomic E-state index is 12.0. The molecular weight excluding hydrogens is 292 g/mol. The molecule has 1 aliphatic heterocycles. The number of thiophene rings is 1. The molecule has 0 spiro atoms. The van der Waals surface area contributed by atoms with Gasteiger partial charge in [-0.05, 0) is 11.4 Å². The number of nitrogens with zero attached hydrogens (tertiary/aromatic N) is 1. The first-order chi connectivity index (χ1) is 10.2. The fourth-order valence-corrected chi connectivity index (χ4v) is 2.85. The number of aromatic nitrogens is 1. The summed E-state index contributed by atoms with van der Waals surface area (Å²) in [4.78, 5) is 13.0. The molecule has 21 heavy (non-hydrogen) atoms. The number of aliphatic hydroxyl groups is 1. The van der Waals surface area contributed by atoms with Gasteiger partial charge in [-0.25, -0.2) is 0 Å². The molecule has 112 valence electrons. The molecule has 3 heterocycles. The monoisotopic (exact) mass is 308 g/mol. The first-order valence-corrected chi connectivity index (χ1v) is 7.63. The number of hydrogen-bond donors (Lipinski definition) is 2. The second-order valence-electron chi connectivity index (χ2n) is 5.07. The van der Waals surface area contributed by atoms with Crippen molar-refractivity contribution in [3.8, 4) is 10.6 Å². The lowest BCUT2D eigenvalue weighted by Gasteiger charge is -2.31.